The Morgan fingerprint density at radius 1 is 0.574 bits per heavy atom. The summed E-state index contributed by atoms with van der Waals surface area (Å²) in [5.74, 6) is -34.1. The highest BCUT2D eigenvalue weighted by molar-refractivity contribution is 6.08. The fourth-order valence-electron chi connectivity index (χ4n) is 7.60. The van der Waals surface area contributed by atoms with Crippen LogP contribution in [0.25, 0.3) is 0 Å². The lowest BCUT2D eigenvalue weighted by Crippen LogP contribution is -2.66. The van der Waals surface area contributed by atoms with Crippen molar-refractivity contribution in [3.8, 4) is 69.0 Å². The standard InChI is InChI=1S/C41H30O27/c42-15-1-10(2-16(43)26(15)50)34(54)62-9-22-30-32(65-35(55)11-3-17(44)27(51)18(45)4-11)33(39(63-22)67-36(56)12-5-19(46)28(52)20(47)6-12)66-38(58)14-8-23(49)40(59,60)41(61)25(14)24-13(37(57)64-30)7-21(48)29(53)31(24)68-41/h1-8,22,25,30,32-33,39,42-48,50-53,59-61H,9H2/t22-,25-,30-,32+,33-,39+,41+/m1/s1. The van der Waals surface area contributed by atoms with Crippen LogP contribution in [-0.4, -0.2) is 156 Å². The van der Waals surface area contributed by atoms with E-state index in [1.165, 1.54) is 0 Å². The lowest BCUT2D eigenvalue weighted by Gasteiger charge is -2.44. The number of fused-ring (bicyclic) bond motifs is 2. The molecule has 4 aromatic rings. The number of rotatable bonds is 7. The second kappa shape index (κ2) is 15.9. The van der Waals surface area contributed by atoms with Crippen LogP contribution in [0.5, 0.6) is 69.0 Å². The zero-order valence-electron chi connectivity index (χ0n) is 33.4. The molecule has 14 N–H and O–H groups in total. The molecular formula is C41H30O27. The number of hydrogen-bond donors (Lipinski definition) is 14. The number of hydrogen-bond acceptors (Lipinski definition) is 27. The van der Waals surface area contributed by atoms with E-state index in [1.807, 2.05) is 0 Å². The predicted octanol–water partition coefficient (Wildman–Crippen LogP) is -1.08. The van der Waals surface area contributed by atoms with Gasteiger partial charge in [-0.2, -0.15) is 0 Å². The number of carbonyl (C=O) groups is 6. The van der Waals surface area contributed by atoms with Gasteiger partial charge in [-0.15, -0.1) is 0 Å². The van der Waals surface area contributed by atoms with Crippen molar-refractivity contribution in [2.24, 2.45) is 0 Å². The van der Waals surface area contributed by atoms with Crippen molar-refractivity contribution < 1.29 is 133 Å². The van der Waals surface area contributed by atoms with Crippen LogP contribution in [0.15, 0.2) is 54.1 Å². The maximum absolute atomic E-state index is 14.5. The number of benzene rings is 4. The number of aromatic hydroxyl groups is 11. The maximum atomic E-state index is 14.5. The fraction of sp³-hybridized carbons (Fsp3) is 0.220. The second-order valence-corrected chi connectivity index (χ2v) is 15.1. The Morgan fingerprint density at radius 2 is 1.03 bits per heavy atom. The van der Waals surface area contributed by atoms with Gasteiger partial charge in [0.05, 0.1) is 33.7 Å². The first kappa shape index (κ1) is 45.6. The summed E-state index contributed by atoms with van der Waals surface area (Å²) in [6.45, 7) is -1.26. The van der Waals surface area contributed by atoms with E-state index in [2.05, 4.69) is 0 Å². The molecule has 4 aliphatic rings. The molecule has 0 radical (unpaired) electrons. The summed E-state index contributed by atoms with van der Waals surface area (Å²) in [5.41, 5.74) is -5.33. The highest BCUT2D eigenvalue weighted by Crippen LogP contribution is 2.60. The number of esters is 5. The molecule has 0 unspecified atom stereocenters. The topological polar surface area (TPSA) is 450 Å². The first-order valence-electron chi connectivity index (χ1n) is 19.0. The lowest BCUT2D eigenvalue weighted by atomic mass is 9.74. The average molecular weight is 955 g/mol. The summed E-state index contributed by atoms with van der Waals surface area (Å²) in [5, 5.41) is 145. The Kier molecular flexibility index (Phi) is 10.7. The van der Waals surface area contributed by atoms with Crippen molar-refractivity contribution in [1.82, 2.24) is 0 Å². The van der Waals surface area contributed by atoms with Gasteiger partial charge >= 0.3 is 29.8 Å². The summed E-state index contributed by atoms with van der Waals surface area (Å²) in [6.07, 6.45) is -12.1. The van der Waals surface area contributed by atoms with E-state index in [4.69, 9.17) is 33.2 Å². The van der Waals surface area contributed by atoms with Crippen LogP contribution in [-0.2, 0) is 38.0 Å². The molecule has 0 saturated carbocycles. The molecule has 0 aromatic heterocycles. The van der Waals surface area contributed by atoms with E-state index < -0.39 is 193 Å². The molecule has 1 saturated heterocycles. The van der Waals surface area contributed by atoms with Crippen molar-refractivity contribution in [1.29, 1.82) is 0 Å². The van der Waals surface area contributed by atoms with Gasteiger partial charge in [0.2, 0.25) is 23.9 Å². The fourth-order valence-corrected chi connectivity index (χ4v) is 7.60. The van der Waals surface area contributed by atoms with E-state index in [0.717, 1.165) is 0 Å². The van der Waals surface area contributed by atoms with Crippen molar-refractivity contribution in [2.45, 2.75) is 48.2 Å². The first-order chi connectivity index (χ1) is 31.8. The molecule has 0 spiro atoms. The Morgan fingerprint density at radius 3 is 1.54 bits per heavy atom. The van der Waals surface area contributed by atoms with E-state index in [1.54, 1.807) is 0 Å². The number of ether oxygens (including phenoxy) is 7. The number of phenolic OH excluding ortho intramolecular Hbond substituents is 11. The second-order valence-electron chi connectivity index (χ2n) is 15.1. The normalized spacial score (nSPS) is 24.5. The molecule has 0 amide bonds. The summed E-state index contributed by atoms with van der Waals surface area (Å²) < 4.78 is 38.8. The predicted molar refractivity (Wildman–Crippen MR) is 205 cm³/mol. The molecule has 3 heterocycles. The SMILES string of the molecule is O=C1O[C@H]2[C@H](OC(=O)c3cc(O)c(O)c(O)c3)O[C@H](COC(=O)c3cc(O)c(O)c(O)c3)[C@@H](OC(=O)c3cc(O)c(O)c4c3[C@H]3C1=CC(=O)C(O)(O)[C@@]3(O)O4)[C@@H]2OC(=O)c1cc(O)c(O)c(O)c1. The Balaban J connectivity index is 1.32. The largest absolute Gasteiger partial charge is 0.504 e. The van der Waals surface area contributed by atoms with Crippen LogP contribution in [0, 0.1) is 0 Å². The van der Waals surface area contributed by atoms with Crippen molar-refractivity contribution in [3.05, 3.63) is 81.9 Å². The van der Waals surface area contributed by atoms with Gasteiger partial charge in [0.15, 0.2) is 75.5 Å². The van der Waals surface area contributed by atoms with Crippen LogP contribution in [0.4, 0.5) is 0 Å². The van der Waals surface area contributed by atoms with Crippen LogP contribution in [0.1, 0.15) is 52.9 Å². The highest BCUT2D eigenvalue weighted by atomic mass is 16.8. The zero-order chi connectivity index (χ0) is 49.6. The monoisotopic (exact) mass is 954 g/mol. The van der Waals surface area contributed by atoms with Crippen molar-refractivity contribution >= 4 is 35.6 Å². The van der Waals surface area contributed by atoms with Gasteiger partial charge in [0, 0.05) is 5.56 Å². The van der Waals surface area contributed by atoms with Gasteiger partial charge in [-0.1, -0.05) is 0 Å². The summed E-state index contributed by atoms with van der Waals surface area (Å²) >= 11 is 0. The number of aliphatic hydroxyl groups is 3. The quantitative estimate of drug-likeness (QED) is 0.0453. The van der Waals surface area contributed by atoms with Gasteiger partial charge in [0.25, 0.3) is 11.6 Å². The average Bonchev–Trinajstić information content (AvgIpc) is 3.60. The minimum absolute atomic E-state index is 0.186. The third-order valence-corrected chi connectivity index (χ3v) is 10.9. The van der Waals surface area contributed by atoms with Gasteiger partial charge in [-0.05, 0) is 48.5 Å². The molecule has 68 heavy (non-hydrogen) atoms. The van der Waals surface area contributed by atoms with E-state index in [9.17, 15) is 100 Å². The Labute approximate surface area is 374 Å². The van der Waals surface area contributed by atoms with Crippen LogP contribution >= 0.6 is 0 Å². The smallest absolute Gasteiger partial charge is 0.340 e. The summed E-state index contributed by atoms with van der Waals surface area (Å²) in [7, 11) is 0. The van der Waals surface area contributed by atoms with Gasteiger partial charge in [0.1, 0.15) is 12.7 Å². The highest BCUT2D eigenvalue weighted by Gasteiger charge is 2.70. The van der Waals surface area contributed by atoms with E-state index in [0.29, 0.717) is 42.5 Å². The lowest BCUT2D eigenvalue weighted by molar-refractivity contribution is -0.323. The van der Waals surface area contributed by atoms with Gasteiger partial charge in [-0.25, -0.2) is 24.0 Å². The summed E-state index contributed by atoms with van der Waals surface area (Å²) in [4.78, 5) is 83.3. The van der Waals surface area contributed by atoms with Crippen molar-refractivity contribution in [2.75, 3.05) is 6.61 Å². The molecule has 356 valence electrons. The Hall–Kier alpha value is -8.92. The zero-order valence-corrected chi connectivity index (χ0v) is 33.4. The molecule has 7 atom stereocenters. The molecule has 1 aliphatic carbocycles. The summed E-state index contributed by atoms with van der Waals surface area (Å²) in [6, 6.07) is 3.86. The molecule has 1 fully saturated rings. The van der Waals surface area contributed by atoms with Crippen LogP contribution in [0.2, 0.25) is 0 Å². The third kappa shape index (κ3) is 7.18. The van der Waals surface area contributed by atoms with E-state index >= 15 is 0 Å². The number of ketones is 1. The molecule has 2 bridgehead atoms. The minimum atomic E-state index is -4.03. The minimum Gasteiger partial charge on any atom is -0.504 e. The van der Waals surface area contributed by atoms with E-state index in [-0.39, 0.29) is 6.08 Å². The molecule has 27 heteroatoms. The first-order valence-corrected chi connectivity index (χ1v) is 19.0. The molecular weight excluding hydrogens is 924 g/mol. The van der Waals surface area contributed by atoms with Crippen LogP contribution in [0.3, 0.4) is 0 Å². The number of phenols is 11. The Bertz CT molecular complexity index is 2870. The number of carbonyl (C=O) groups excluding carboxylic acids is 6. The maximum Gasteiger partial charge on any atom is 0.340 e. The van der Waals surface area contributed by atoms with Crippen molar-refractivity contribution in [3.63, 3.8) is 0 Å². The molecule has 8 rings (SSSR count). The molecule has 4 aromatic carbocycles. The molecule has 3 aliphatic heterocycles. The molecule has 27 nitrogen and oxygen atoms in total. The third-order valence-electron chi connectivity index (χ3n) is 10.9. The van der Waals surface area contributed by atoms with Gasteiger partial charge < -0.3 is 105 Å². The van der Waals surface area contributed by atoms with Crippen LogP contribution < -0.4 is 4.74 Å². The van der Waals surface area contributed by atoms with Gasteiger partial charge in [-0.3, -0.25) is 4.79 Å².